The third-order valence-electron chi connectivity index (χ3n) is 2.48. The fourth-order valence-corrected chi connectivity index (χ4v) is 1.77. The van der Waals surface area contributed by atoms with Crippen LogP contribution in [0.2, 0.25) is 10.0 Å². The average Bonchev–Trinajstić information content (AvgIpc) is 2.32. The highest BCUT2D eigenvalue weighted by molar-refractivity contribution is 6.36. The van der Waals surface area contributed by atoms with Crippen molar-refractivity contribution < 1.29 is 9.53 Å². The standard InChI is InChI=1S/C12H16Cl2N2O2/c1-7-5-9(14)11(6-8(7)13)16-12(17)10(15)3-4-18-2/h5-6,10H,3-4,15H2,1-2H3,(H,16,17). The predicted octanol–water partition coefficient (Wildman–Crippen LogP) is 2.60. The Labute approximate surface area is 116 Å². The molecule has 1 rings (SSSR count). The number of ether oxygens (including phenoxy) is 1. The van der Waals surface area contributed by atoms with Crippen molar-refractivity contribution in [3.05, 3.63) is 27.7 Å². The van der Waals surface area contributed by atoms with Gasteiger partial charge in [-0.05, 0) is 31.0 Å². The number of aryl methyl sites for hydroxylation is 1. The molecule has 18 heavy (non-hydrogen) atoms. The second kappa shape index (κ2) is 6.95. The maximum atomic E-state index is 11.8. The molecular formula is C12H16Cl2N2O2. The van der Waals surface area contributed by atoms with Crippen molar-refractivity contribution >= 4 is 34.8 Å². The molecule has 0 heterocycles. The van der Waals surface area contributed by atoms with Crippen molar-refractivity contribution in [1.29, 1.82) is 0 Å². The van der Waals surface area contributed by atoms with E-state index in [4.69, 9.17) is 33.7 Å². The number of hydrogen-bond acceptors (Lipinski definition) is 3. The molecule has 0 fully saturated rings. The van der Waals surface area contributed by atoms with E-state index in [1.54, 1.807) is 19.2 Å². The predicted molar refractivity (Wildman–Crippen MR) is 74.3 cm³/mol. The topological polar surface area (TPSA) is 64.3 Å². The van der Waals surface area contributed by atoms with Gasteiger partial charge in [0.05, 0.1) is 16.8 Å². The first-order valence-corrected chi connectivity index (χ1v) is 6.22. The van der Waals surface area contributed by atoms with Gasteiger partial charge in [0.1, 0.15) is 0 Å². The summed E-state index contributed by atoms with van der Waals surface area (Å²) in [5.41, 5.74) is 7.01. The Balaban J connectivity index is 2.72. The lowest BCUT2D eigenvalue weighted by molar-refractivity contribution is -0.117. The Morgan fingerprint density at radius 1 is 1.44 bits per heavy atom. The molecule has 0 spiro atoms. The van der Waals surface area contributed by atoms with Gasteiger partial charge in [-0.3, -0.25) is 4.79 Å². The van der Waals surface area contributed by atoms with Crippen LogP contribution in [0.15, 0.2) is 12.1 Å². The molecule has 0 aromatic heterocycles. The Morgan fingerprint density at radius 2 is 2.11 bits per heavy atom. The summed E-state index contributed by atoms with van der Waals surface area (Å²) in [6, 6.07) is 2.67. The highest BCUT2D eigenvalue weighted by Crippen LogP contribution is 2.28. The van der Waals surface area contributed by atoms with E-state index in [0.29, 0.717) is 28.8 Å². The summed E-state index contributed by atoms with van der Waals surface area (Å²) in [4.78, 5) is 11.8. The minimum absolute atomic E-state index is 0.311. The minimum Gasteiger partial charge on any atom is -0.385 e. The van der Waals surface area contributed by atoms with Gasteiger partial charge >= 0.3 is 0 Å². The fraction of sp³-hybridized carbons (Fsp3) is 0.417. The molecule has 0 bridgehead atoms. The van der Waals surface area contributed by atoms with Crippen LogP contribution in [0.3, 0.4) is 0 Å². The van der Waals surface area contributed by atoms with E-state index in [2.05, 4.69) is 5.32 Å². The number of carbonyl (C=O) groups excluding carboxylic acids is 1. The van der Waals surface area contributed by atoms with E-state index >= 15 is 0 Å². The van der Waals surface area contributed by atoms with Crippen molar-refractivity contribution in [2.75, 3.05) is 19.0 Å². The van der Waals surface area contributed by atoms with Gasteiger partial charge in [0.25, 0.3) is 0 Å². The molecule has 1 aromatic carbocycles. The summed E-state index contributed by atoms with van der Waals surface area (Å²) in [6.07, 6.45) is 0.444. The van der Waals surface area contributed by atoms with E-state index in [9.17, 15) is 4.79 Å². The summed E-state index contributed by atoms with van der Waals surface area (Å²) >= 11 is 12.0. The zero-order valence-corrected chi connectivity index (χ0v) is 11.8. The molecule has 0 aliphatic carbocycles. The van der Waals surface area contributed by atoms with Gasteiger partial charge < -0.3 is 15.8 Å². The molecule has 0 aliphatic rings. The molecule has 4 nitrogen and oxygen atoms in total. The number of nitrogens with two attached hydrogens (primary N) is 1. The largest absolute Gasteiger partial charge is 0.385 e. The van der Waals surface area contributed by atoms with Gasteiger partial charge in [0.2, 0.25) is 5.91 Å². The molecule has 1 unspecified atom stereocenters. The first-order chi connectivity index (χ1) is 8.45. The zero-order chi connectivity index (χ0) is 13.7. The summed E-state index contributed by atoms with van der Waals surface area (Å²) in [5, 5.41) is 3.63. The monoisotopic (exact) mass is 290 g/mol. The first-order valence-electron chi connectivity index (χ1n) is 5.46. The molecule has 0 radical (unpaired) electrons. The molecule has 0 aliphatic heterocycles. The van der Waals surface area contributed by atoms with Crippen molar-refractivity contribution in [2.45, 2.75) is 19.4 Å². The van der Waals surface area contributed by atoms with E-state index in [1.165, 1.54) is 0 Å². The van der Waals surface area contributed by atoms with Crippen LogP contribution in [0, 0.1) is 6.92 Å². The number of carbonyl (C=O) groups is 1. The summed E-state index contributed by atoms with van der Waals surface area (Å²) in [7, 11) is 1.56. The Morgan fingerprint density at radius 3 is 2.72 bits per heavy atom. The number of halogens is 2. The van der Waals surface area contributed by atoms with Crippen molar-refractivity contribution in [2.24, 2.45) is 5.73 Å². The summed E-state index contributed by atoms with van der Waals surface area (Å²) in [5.74, 6) is -0.311. The number of anilines is 1. The summed E-state index contributed by atoms with van der Waals surface area (Å²) in [6.45, 7) is 2.26. The minimum atomic E-state index is -0.638. The number of nitrogens with one attached hydrogen (secondary N) is 1. The SMILES string of the molecule is COCCC(N)C(=O)Nc1cc(Cl)c(C)cc1Cl. The van der Waals surface area contributed by atoms with Gasteiger partial charge in [-0.1, -0.05) is 23.2 Å². The lowest BCUT2D eigenvalue weighted by atomic mass is 10.2. The van der Waals surface area contributed by atoms with Crippen LogP contribution in [0.1, 0.15) is 12.0 Å². The molecule has 1 atom stereocenters. The smallest absolute Gasteiger partial charge is 0.241 e. The number of benzene rings is 1. The van der Waals surface area contributed by atoms with Gasteiger partial charge in [0, 0.05) is 18.7 Å². The lowest BCUT2D eigenvalue weighted by Crippen LogP contribution is -2.36. The van der Waals surface area contributed by atoms with Crippen molar-refractivity contribution in [3.8, 4) is 0 Å². The van der Waals surface area contributed by atoms with Crippen LogP contribution in [0.4, 0.5) is 5.69 Å². The van der Waals surface area contributed by atoms with Crippen molar-refractivity contribution in [1.82, 2.24) is 0 Å². The maximum Gasteiger partial charge on any atom is 0.241 e. The molecule has 0 saturated heterocycles. The molecule has 100 valence electrons. The van der Waals surface area contributed by atoms with Crippen LogP contribution in [-0.2, 0) is 9.53 Å². The maximum absolute atomic E-state index is 11.8. The Hall–Kier alpha value is -0.810. The second-order valence-electron chi connectivity index (χ2n) is 3.96. The number of hydrogen-bond donors (Lipinski definition) is 2. The highest BCUT2D eigenvalue weighted by Gasteiger charge is 2.15. The average molecular weight is 291 g/mol. The number of methoxy groups -OCH3 is 1. The van der Waals surface area contributed by atoms with Crippen LogP contribution in [0.25, 0.3) is 0 Å². The summed E-state index contributed by atoms with van der Waals surface area (Å²) < 4.78 is 4.86. The van der Waals surface area contributed by atoms with Crippen LogP contribution < -0.4 is 11.1 Å². The molecule has 3 N–H and O–H groups in total. The fourth-order valence-electron chi connectivity index (χ4n) is 1.34. The number of amides is 1. The van der Waals surface area contributed by atoms with E-state index in [-0.39, 0.29) is 5.91 Å². The lowest BCUT2D eigenvalue weighted by Gasteiger charge is -2.13. The Kier molecular flexibility index (Phi) is 5.88. The van der Waals surface area contributed by atoms with Gasteiger partial charge in [-0.2, -0.15) is 0 Å². The van der Waals surface area contributed by atoms with E-state index in [1.807, 2.05) is 6.92 Å². The molecule has 0 saturated carbocycles. The normalized spacial score (nSPS) is 12.3. The van der Waals surface area contributed by atoms with Crippen LogP contribution in [-0.4, -0.2) is 25.7 Å². The number of rotatable bonds is 5. The Bertz CT molecular complexity index is 438. The third kappa shape index (κ3) is 4.14. The first kappa shape index (κ1) is 15.2. The van der Waals surface area contributed by atoms with Gasteiger partial charge in [-0.25, -0.2) is 0 Å². The van der Waals surface area contributed by atoms with E-state index < -0.39 is 6.04 Å². The highest BCUT2D eigenvalue weighted by atomic mass is 35.5. The van der Waals surface area contributed by atoms with Gasteiger partial charge in [-0.15, -0.1) is 0 Å². The molecule has 1 aromatic rings. The second-order valence-corrected chi connectivity index (χ2v) is 4.77. The molecule has 1 amide bonds. The van der Waals surface area contributed by atoms with Crippen LogP contribution in [0.5, 0.6) is 0 Å². The third-order valence-corrected chi connectivity index (χ3v) is 3.20. The van der Waals surface area contributed by atoms with E-state index in [0.717, 1.165) is 5.56 Å². The van der Waals surface area contributed by atoms with Gasteiger partial charge in [0.15, 0.2) is 0 Å². The zero-order valence-electron chi connectivity index (χ0n) is 10.3. The molecule has 6 heteroatoms. The van der Waals surface area contributed by atoms with Crippen molar-refractivity contribution in [3.63, 3.8) is 0 Å². The van der Waals surface area contributed by atoms with Crippen LogP contribution >= 0.6 is 23.2 Å². The molecular weight excluding hydrogens is 275 g/mol. The quantitative estimate of drug-likeness (QED) is 0.876.